The normalized spacial score (nSPS) is 29.7. The summed E-state index contributed by atoms with van der Waals surface area (Å²) in [6, 6.07) is 0.0566. The van der Waals surface area contributed by atoms with Gasteiger partial charge in [0.2, 0.25) is 5.91 Å². The number of likely N-dealkylation sites (N-methyl/N-ethyl adjacent to an activating group) is 1. The quantitative estimate of drug-likeness (QED) is 0.651. The molecule has 0 radical (unpaired) electrons. The van der Waals surface area contributed by atoms with Crippen molar-refractivity contribution in [1.82, 2.24) is 9.80 Å². The topological polar surface area (TPSA) is 23.6 Å². The fourth-order valence-electron chi connectivity index (χ4n) is 2.50. The molecule has 86 valence electrons. The van der Waals surface area contributed by atoms with E-state index in [0.717, 1.165) is 19.4 Å². The van der Waals surface area contributed by atoms with Gasteiger partial charge in [0.05, 0.1) is 6.04 Å². The molecule has 0 N–H and O–H groups in total. The maximum absolute atomic E-state index is 12.9. The molecule has 2 saturated heterocycles. The average Bonchev–Trinajstić information content (AvgIpc) is 2.65. The van der Waals surface area contributed by atoms with E-state index in [-0.39, 0.29) is 11.9 Å². The Hall–Kier alpha value is -0.640. The molecule has 0 saturated carbocycles. The lowest BCUT2D eigenvalue weighted by Gasteiger charge is -2.32. The first-order valence-corrected chi connectivity index (χ1v) is 5.81. The van der Waals surface area contributed by atoms with Gasteiger partial charge in [0.1, 0.15) is 6.17 Å². The monoisotopic (exact) mass is 214 g/mol. The van der Waals surface area contributed by atoms with Crippen molar-refractivity contribution in [2.24, 2.45) is 0 Å². The minimum Gasteiger partial charge on any atom is -0.341 e. The van der Waals surface area contributed by atoms with Crippen LogP contribution in [0.4, 0.5) is 4.39 Å². The van der Waals surface area contributed by atoms with Gasteiger partial charge in [0, 0.05) is 13.1 Å². The summed E-state index contributed by atoms with van der Waals surface area (Å²) in [5, 5.41) is 0. The predicted molar refractivity (Wildman–Crippen MR) is 56.4 cm³/mol. The number of halogens is 1. The molecule has 0 unspecified atom stereocenters. The van der Waals surface area contributed by atoms with Gasteiger partial charge in [-0.3, -0.25) is 9.69 Å². The highest BCUT2D eigenvalue weighted by atomic mass is 19.1. The molecule has 1 amide bonds. The molecule has 2 rings (SSSR count). The van der Waals surface area contributed by atoms with E-state index in [0.29, 0.717) is 25.9 Å². The third-order valence-corrected chi connectivity index (χ3v) is 3.54. The van der Waals surface area contributed by atoms with E-state index in [1.54, 1.807) is 0 Å². The van der Waals surface area contributed by atoms with Crippen LogP contribution in [0.15, 0.2) is 0 Å². The number of hydrogen-bond donors (Lipinski definition) is 0. The van der Waals surface area contributed by atoms with Crippen molar-refractivity contribution in [3.63, 3.8) is 0 Å². The summed E-state index contributed by atoms with van der Waals surface area (Å²) in [4.78, 5) is 16.0. The fraction of sp³-hybridized carbons (Fsp3) is 0.909. The van der Waals surface area contributed by atoms with Crippen molar-refractivity contribution in [3.05, 3.63) is 0 Å². The number of alkyl halides is 1. The van der Waals surface area contributed by atoms with E-state index in [2.05, 4.69) is 4.90 Å². The standard InChI is InChI=1S/C11H19FN2O/c1-13-6-2-3-10(13)11(15)14-7-4-9(12)5-8-14/h9-10H,2-8H2,1H3/t10-/m0/s1. The number of nitrogens with zero attached hydrogens (tertiary/aromatic N) is 2. The summed E-state index contributed by atoms with van der Waals surface area (Å²) in [7, 11) is 2.00. The Bertz CT molecular complexity index is 239. The van der Waals surface area contributed by atoms with E-state index in [4.69, 9.17) is 0 Å². The molecule has 0 aromatic heterocycles. The van der Waals surface area contributed by atoms with Gasteiger partial charge in [-0.1, -0.05) is 0 Å². The number of amides is 1. The molecule has 2 aliphatic rings. The number of likely N-dealkylation sites (tertiary alicyclic amines) is 2. The Kier molecular flexibility index (Phi) is 3.24. The second kappa shape index (κ2) is 4.47. The SMILES string of the molecule is CN1CCC[C@H]1C(=O)N1CCC(F)CC1. The summed E-state index contributed by atoms with van der Waals surface area (Å²) in [5.41, 5.74) is 0. The zero-order valence-electron chi connectivity index (χ0n) is 9.29. The second-order valence-electron chi connectivity index (χ2n) is 4.64. The number of piperidine rings is 1. The molecule has 4 heteroatoms. The smallest absolute Gasteiger partial charge is 0.239 e. The van der Waals surface area contributed by atoms with Crippen LogP contribution in [0.3, 0.4) is 0 Å². The lowest BCUT2D eigenvalue weighted by Crippen LogP contribution is -2.47. The molecule has 2 heterocycles. The molecule has 2 aliphatic heterocycles. The Labute approximate surface area is 90.2 Å². The van der Waals surface area contributed by atoms with E-state index < -0.39 is 6.17 Å². The molecule has 1 atom stereocenters. The maximum atomic E-state index is 12.9. The molecular formula is C11H19FN2O. The highest BCUT2D eigenvalue weighted by Gasteiger charge is 2.32. The van der Waals surface area contributed by atoms with Crippen LogP contribution in [0.1, 0.15) is 25.7 Å². The maximum Gasteiger partial charge on any atom is 0.239 e. The van der Waals surface area contributed by atoms with Crippen molar-refractivity contribution < 1.29 is 9.18 Å². The molecule has 2 fully saturated rings. The van der Waals surface area contributed by atoms with Crippen molar-refractivity contribution in [2.45, 2.75) is 37.9 Å². The van der Waals surface area contributed by atoms with Crippen LogP contribution in [-0.4, -0.2) is 54.6 Å². The van der Waals surface area contributed by atoms with Crippen LogP contribution in [0.25, 0.3) is 0 Å². The first-order chi connectivity index (χ1) is 7.18. The number of rotatable bonds is 1. The van der Waals surface area contributed by atoms with Crippen LogP contribution in [0, 0.1) is 0 Å². The molecule has 0 aromatic rings. The molecule has 0 aliphatic carbocycles. The van der Waals surface area contributed by atoms with Gasteiger partial charge < -0.3 is 4.90 Å². The zero-order chi connectivity index (χ0) is 10.8. The minimum atomic E-state index is -0.699. The summed E-state index contributed by atoms with van der Waals surface area (Å²) in [6.45, 7) is 2.21. The predicted octanol–water partition coefficient (Wildman–Crippen LogP) is 1.04. The molecule has 0 spiro atoms. The minimum absolute atomic E-state index is 0.0566. The van der Waals surface area contributed by atoms with Gasteiger partial charge in [-0.15, -0.1) is 0 Å². The first-order valence-electron chi connectivity index (χ1n) is 5.81. The highest BCUT2D eigenvalue weighted by Crippen LogP contribution is 2.20. The van der Waals surface area contributed by atoms with Crippen molar-refractivity contribution in [1.29, 1.82) is 0 Å². The van der Waals surface area contributed by atoms with Crippen molar-refractivity contribution >= 4 is 5.91 Å². The Balaban J connectivity index is 1.90. The van der Waals surface area contributed by atoms with Crippen LogP contribution < -0.4 is 0 Å². The van der Waals surface area contributed by atoms with Gasteiger partial charge in [-0.25, -0.2) is 4.39 Å². The van der Waals surface area contributed by atoms with Crippen molar-refractivity contribution in [3.8, 4) is 0 Å². The van der Waals surface area contributed by atoms with Gasteiger partial charge >= 0.3 is 0 Å². The number of carbonyl (C=O) groups is 1. The van der Waals surface area contributed by atoms with Crippen LogP contribution in [0.5, 0.6) is 0 Å². The average molecular weight is 214 g/mol. The lowest BCUT2D eigenvalue weighted by molar-refractivity contribution is -0.137. The zero-order valence-corrected chi connectivity index (χ0v) is 9.29. The van der Waals surface area contributed by atoms with Gasteiger partial charge in [-0.05, 0) is 39.3 Å². The van der Waals surface area contributed by atoms with Gasteiger partial charge in [0.25, 0.3) is 0 Å². The Morgan fingerprint density at radius 3 is 2.40 bits per heavy atom. The fourth-order valence-corrected chi connectivity index (χ4v) is 2.50. The molecule has 15 heavy (non-hydrogen) atoms. The molecule has 0 aromatic carbocycles. The van der Waals surface area contributed by atoms with E-state index >= 15 is 0 Å². The number of hydrogen-bond acceptors (Lipinski definition) is 2. The Morgan fingerprint density at radius 1 is 1.20 bits per heavy atom. The summed E-state index contributed by atoms with van der Waals surface area (Å²) in [5.74, 6) is 0.210. The second-order valence-corrected chi connectivity index (χ2v) is 4.64. The molecule has 3 nitrogen and oxygen atoms in total. The first kappa shape index (κ1) is 10.9. The number of carbonyl (C=O) groups excluding carboxylic acids is 1. The molecular weight excluding hydrogens is 195 g/mol. The summed E-state index contributed by atoms with van der Waals surface area (Å²) in [6.07, 6.45) is 2.40. The summed E-state index contributed by atoms with van der Waals surface area (Å²) < 4.78 is 12.9. The third kappa shape index (κ3) is 2.30. The highest BCUT2D eigenvalue weighted by molar-refractivity contribution is 5.82. The van der Waals surface area contributed by atoms with Crippen LogP contribution in [0.2, 0.25) is 0 Å². The van der Waals surface area contributed by atoms with Gasteiger partial charge in [0.15, 0.2) is 0 Å². The molecule has 0 bridgehead atoms. The summed E-state index contributed by atoms with van der Waals surface area (Å²) >= 11 is 0. The third-order valence-electron chi connectivity index (χ3n) is 3.54. The Morgan fingerprint density at radius 2 is 1.87 bits per heavy atom. The van der Waals surface area contributed by atoms with E-state index in [1.165, 1.54) is 0 Å². The largest absolute Gasteiger partial charge is 0.341 e. The van der Waals surface area contributed by atoms with E-state index in [1.807, 2.05) is 11.9 Å². The van der Waals surface area contributed by atoms with Crippen LogP contribution >= 0.6 is 0 Å². The lowest BCUT2D eigenvalue weighted by atomic mass is 10.1. The van der Waals surface area contributed by atoms with E-state index in [9.17, 15) is 9.18 Å². The van der Waals surface area contributed by atoms with Crippen LogP contribution in [-0.2, 0) is 4.79 Å². The van der Waals surface area contributed by atoms with Crippen molar-refractivity contribution in [2.75, 3.05) is 26.7 Å². The van der Waals surface area contributed by atoms with Gasteiger partial charge in [-0.2, -0.15) is 0 Å².